The van der Waals surface area contributed by atoms with Crippen molar-refractivity contribution in [1.29, 1.82) is 0 Å². The number of aliphatic hydroxyl groups excluding tert-OH is 1. The Hall–Kier alpha value is -5.26. The zero-order valence-electron chi connectivity index (χ0n) is 46.7. The van der Waals surface area contributed by atoms with Crippen molar-refractivity contribution in [2.75, 3.05) is 42.6 Å². The fourth-order valence-corrected chi connectivity index (χ4v) is 16.5. The van der Waals surface area contributed by atoms with Gasteiger partial charge < -0.3 is 29.1 Å². The number of carbonyl (C=O) groups excluding carboxylic acids is 2. The molecule has 11 rings (SSSR count). The van der Waals surface area contributed by atoms with Gasteiger partial charge in [0, 0.05) is 58.7 Å². The van der Waals surface area contributed by atoms with E-state index < -0.39 is 65.9 Å². The zero-order chi connectivity index (χ0) is 57.0. The van der Waals surface area contributed by atoms with Gasteiger partial charge in [0.2, 0.25) is 20.0 Å². The second-order valence-corrected chi connectivity index (χ2v) is 29.4. The van der Waals surface area contributed by atoms with Gasteiger partial charge in [-0.3, -0.25) is 9.59 Å². The number of aliphatic hydroxyl groups is 1. The molecule has 2 amide bonds. The number of carbonyl (C=O) groups is 2. The molecular formula is C63H76Cl2N4O10S2. The lowest BCUT2D eigenvalue weighted by Crippen LogP contribution is -2.50. The largest absolute Gasteiger partial charge is 0.490 e. The predicted molar refractivity (Wildman–Crippen MR) is 318 cm³/mol. The van der Waals surface area contributed by atoms with Crippen LogP contribution in [-0.2, 0) is 44.9 Å². The molecule has 434 valence electrons. The van der Waals surface area contributed by atoms with E-state index in [2.05, 4.69) is 31.4 Å². The molecule has 3 N–H and O–H groups in total. The lowest BCUT2D eigenvalue weighted by atomic mass is 9.68. The van der Waals surface area contributed by atoms with Crippen LogP contribution in [-0.4, -0.2) is 89.3 Å². The van der Waals surface area contributed by atoms with Crippen molar-refractivity contribution in [2.45, 2.75) is 139 Å². The summed E-state index contributed by atoms with van der Waals surface area (Å²) in [6.45, 7) is 9.69. The molecular weight excluding hydrogens is 1110 g/mol. The molecule has 0 radical (unpaired) electrons. The number of nitrogens with one attached hydrogen (secondary N) is 2. The van der Waals surface area contributed by atoms with Gasteiger partial charge in [0.25, 0.3) is 11.8 Å². The maximum absolute atomic E-state index is 14.8. The van der Waals surface area contributed by atoms with Gasteiger partial charge in [-0.2, -0.15) is 0 Å². The van der Waals surface area contributed by atoms with E-state index in [4.69, 9.17) is 37.4 Å². The van der Waals surface area contributed by atoms with E-state index in [1.807, 2.05) is 62.4 Å². The summed E-state index contributed by atoms with van der Waals surface area (Å²) in [7, 11) is -8.36. The van der Waals surface area contributed by atoms with Crippen LogP contribution < -0.4 is 33.5 Å². The SMILES string of the molecule is C[C@@H]1C/C=C/[C@H](O)[C@@H]2CC[C@H]2CN2CCCCc3cc(Cl)ccc3COc3c(O[C@H]4/C=C/C[C@@H](C)[C@H](C)S(=O)(=O)NC(=O)c5ccc6c(c5)N(C[C@@H]5CC[C@H]54)C[C@@]4(CCCc5cc(Cl)ccc54)CO6)cc(cc32)C(=O)NS(=O)(=O)[C@@H]1C. The van der Waals surface area contributed by atoms with Crippen LogP contribution in [0.15, 0.2) is 91.0 Å². The number of hydrogen-bond acceptors (Lipinski definition) is 12. The molecule has 14 nitrogen and oxygen atoms in total. The Kier molecular flexibility index (Phi) is 16.6. The average molecular weight is 1180 g/mol. The highest BCUT2D eigenvalue weighted by molar-refractivity contribution is 7.91. The van der Waals surface area contributed by atoms with Crippen molar-refractivity contribution >= 4 is 66.4 Å². The van der Waals surface area contributed by atoms with Crippen LogP contribution in [0.3, 0.4) is 0 Å². The summed E-state index contributed by atoms with van der Waals surface area (Å²) >= 11 is 13.2. The highest BCUT2D eigenvalue weighted by Crippen LogP contribution is 2.50. The van der Waals surface area contributed by atoms with Crippen LogP contribution in [0.2, 0.25) is 10.0 Å². The Labute approximate surface area is 488 Å². The van der Waals surface area contributed by atoms with E-state index in [0.29, 0.717) is 78.5 Å². The third-order valence-electron chi connectivity index (χ3n) is 19.3. The molecule has 0 saturated heterocycles. The summed E-state index contributed by atoms with van der Waals surface area (Å²) in [4.78, 5) is 33.4. The highest BCUT2D eigenvalue weighted by Gasteiger charge is 2.46. The maximum atomic E-state index is 14.8. The summed E-state index contributed by atoms with van der Waals surface area (Å²) in [6, 6.07) is 20.5. The average Bonchev–Trinajstić information content (AvgIpc) is 3.66. The summed E-state index contributed by atoms with van der Waals surface area (Å²) in [6.07, 6.45) is 15.5. The first-order valence-electron chi connectivity index (χ1n) is 29.2. The van der Waals surface area contributed by atoms with Crippen molar-refractivity contribution < 1.29 is 45.7 Å². The molecule has 4 bridgehead atoms. The topological polar surface area (TPSA) is 181 Å². The minimum Gasteiger partial charge on any atom is -0.490 e. The fourth-order valence-electron chi connectivity index (χ4n) is 13.6. The number of amides is 2. The smallest absolute Gasteiger partial charge is 0.264 e. The van der Waals surface area contributed by atoms with Gasteiger partial charge in [0.1, 0.15) is 18.5 Å². The van der Waals surface area contributed by atoms with Crippen molar-refractivity contribution in [1.82, 2.24) is 9.44 Å². The predicted octanol–water partition coefficient (Wildman–Crippen LogP) is 11.1. The summed E-state index contributed by atoms with van der Waals surface area (Å²) in [5.41, 5.74) is 5.55. The molecule has 3 aliphatic carbocycles. The van der Waals surface area contributed by atoms with Gasteiger partial charge in [0.15, 0.2) is 11.5 Å². The Morgan fingerprint density at radius 2 is 1.31 bits per heavy atom. The van der Waals surface area contributed by atoms with Crippen LogP contribution >= 0.6 is 23.2 Å². The number of hydrogen-bond donors (Lipinski definition) is 3. The third-order valence-corrected chi connectivity index (χ3v) is 23.6. The van der Waals surface area contributed by atoms with Crippen LogP contribution in [0.5, 0.6) is 17.2 Å². The van der Waals surface area contributed by atoms with Crippen molar-refractivity contribution in [2.24, 2.45) is 35.5 Å². The Morgan fingerprint density at radius 1 is 0.667 bits per heavy atom. The van der Waals surface area contributed by atoms with Crippen LogP contribution in [0.25, 0.3) is 0 Å². The van der Waals surface area contributed by atoms with Crippen LogP contribution in [0.1, 0.15) is 135 Å². The Bertz CT molecular complexity index is 3360. The second-order valence-electron chi connectivity index (χ2n) is 24.4. The quantitative estimate of drug-likeness (QED) is 0.162. The molecule has 4 aromatic carbocycles. The first kappa shape index (κ1) is 57.6. The van der Waals surface area contributed by atoms with E-state index in [0.717, 1.165) is 75.3 Å². The first-order chi connectivity index (χ1) is 38.8. The lowest BCUT2D eigenvalue weighted by Gasteiger charge is -2.46. The number of rotatable bonds is 2. The van der Waals surface area contributed by atoms with Crippen molar-refractivity contribution in [3.63, 3.8) is 0 Å². The molecule has 0 aromatic heterocycles. The molecule has 2 saturated carbocycles. The molecule has 11 atom stereocenters. The van der Waals surface area contributed by atoms with E-state index in [9.17, 15) is 31.5 Å². The summed E-state index contributed by atoms with van der Waals surface area (Å²) in [5, 5.41) is 11.0. The van der Waals surface area contributed by atoms with Gasteiger partial charge >= 0.3 is 0 Å². The Balaban J connectivity index is 1.04. The zero-order valence-corrected chi connectivity index (χ0v) is 49.9. The molecule has 81 heavy (non-hydrogen) atoms. The van der Waals surface area contributed by atoms with Gasteiger partial charge in [0.05, 0.1) is 34.6 Å². The van der Waals surface area contributed by atoms with Crippen LogP contribution in [0, 0.1) is 35.5 Å². The first-order valence-corrected chi connectivity index (χ1v) is 33.0. The van der Waals surface area contributed by atoms with Crippen LogP contribution in [0.4, 0.5) is 11.4 Å². The fraction of sp³-hybridized carbons (Fsp3) is 0.524. The van der Waals surface area contributed by atoms with E-state index >= 15 is 0 Å². The molecule has 4 aromatic rings. The number of allylic oxidation sites excluding steroid dienone is 2. The monoisotopic (exact) mass is 1180 g/mol. The van der Waals surface area contributed by atoms with E-state index in [1.54, 1.807) is 44.2 Å². The van der Waals surface area contributed by atoms with Gasteiger partial charge in [-0.25, -0.2) is 26.3 Å². The normalized spacial score (nSPS) is 32.0. The third kappa shape index (κ3) is 12.0. The summed E-state index contributed by atoms with van der Waals surface area (Å²) < 4.78 is 82.6. The number of ether oxygens (including phenoxy) is 3. The van der Waals surface area contributed by atoms with E-state index in [-0.39, 0.29) is 53.1 Å². The van der Waals surface area contributed by atoms with Crippen molar-refractivity contribution in [3.05, 3.63) is 134 Å². The van der Waals surface area contributed by atoms with Gasteiger partial charge in [-0.05, 0) is 203 Å². The van der Waals surface area contributed by atoms with Gasteiger partial charge in [-0.15, -0.1) is 0 Å². The minimum absolute atomic E-state index is 0.0206. The molecule has 1 spiro atoms. The summed E-state index contributed by atoms with van der Waals surface area (Å²) in [5.74, 6) is -0.990. The molecule has 4 aliphatic heterocycles. The van der Waals surface area contributed by atoms with Crippen molar-refractivity contribution in [3.8, 4) is 17.2 Å². The second kappa shape index (κ2) is 23.4. The van der Waals surface area contributed by atoms with E-state index in [1.165, 1.54) is 11.1 Å². The Morgan fingerprint density at radius 3 is 2.02 bits per heavy atom. The molecule has 7 aliphatic rings. The minimum atomic E-state index is -4.20. The molecule has 18 heteroatoms. The van der Waals surface area contributed by atoms with Gasteiger partial charge in [-0.1, -0.05) is 67.4 Å². The number of benzene rings is 4. The number of anilines is 2. The number of sulfonamides is 2. The standard InChI is InChI=1S/C63H76Cl2N4O10S2/c1-38-10-7-14-56(70)51-22-17-45(51)33-68-27-6-5-12-42-28-49(64)20-16-47(42)35-77-60-55(68)31-48(62(72)67-81(75,76)40(38)3)32-59(60)79-57-15-8-11-39(2)41(4)80(73,74)66-61(71)44-19-25-58-54(30-44)69(34-46-18-23-52(46)57)36-63(37-78-58)26-9-13-43-29-50(65)21-24-53(43)63/h7-8,14-16,19-21,24-25,28-32,38-41,45-46,51-52,56-57,70H,5-6,9-13,17-18,22-23,26-27,33-37H2,1-4H3,(H,66,71)(H,67,72)/b14-7+,15-8+/t38-,39-,40-,41+,45+,46+,51-,52-,56+,57+,63+/m1/s1. The molecule has 2 fully saturated rings. The maximum Gasteiger partial charge on any atom is 0.264 e. The number of aryl methyl sites for hydroxylation is 2. The molecule has 4 heterocycles. The molecule has 0 unspecified atom stereocenters. The number of nitrogens with zero attached hydrogens (tertiary/aromatic N) is 2. The number of fused-ring (bicyclic) bond motifs is 7. The highest BCUT2D eigenvalue weighted by atomic mass is 35.5. The number of halogens is 2. The lowest BCUT2D eigenvalue weighted by molar-refractivity contribution is 0.0460.